The zero-order valence-corrected chi connectivity index (χ0v) is 10.6. The third-order valence-corrected chi connectivity index (χ3v) is 3.69. The van der Waals surface area contributed by atoms with Crippen LogP contribution in [0.3, 0.4) is 0 Å². The molecule has 0 heterocycles. The summed E-state index contributed by atoms with van der Waals surface area (Å²) in [5, 5.41) is 9.45. The van der Waals surface area contributed by atoms with E-state index in [1.54, 1.807) is 0 Å². The van der Waals surface area contributed by atoms with Crippen LogP contribution in [-0.4, -0.2) is 17.0 Å². The van der Waals surface area contributed by atoms with Crippen LogP contribution in [0.1, 0.15) is 18.9 Å². The second-order valence-corrected chi connectivity index (χ2v) is 5.07. The van der Waals surface area contributed by atoms with Gasteiger partial charge in [0, 0.05) is 11.7 Å². The maximum Gasteiger partial charge on any atom is 0.0574 e. The molecule has 88 valence electrons. The molecule has 16 heavy (non-hydrogen) atoms. The van der Waals surface area contributed by atoms with E-state index in [4.69, 9.17) is 0 Å². The van der Waals surface area contributed by atoms with Crippen molar-refractivity contribution in [2.75, 3.05) is 5.75 Å². The van der Waals surface area contributed by atoms with Crippen LogP contribution in [0.25, 0.3) is 0 Å². The Morgan fingerprint density at radius 3 is 2.62 bits per heavy atom. The van der Waals surface area contributed by atoms with Gasteiger partial charge in [-0.1, -0.05) is 36.4 Å². The van der Waals surface area contributed by atoms with Crippen molar-refractivity contribution in [3.05, 3.63) is 48.6 Å². The van der Waals surface area contributed by atoms with Crippen LogP contribution in [0.4, 0.5) is 0 Å². The summed E-state index contributed by atoms with van der Waals surface area (Å²) in [5.74, 6) is 2.34. The minimum Gasteiger partial charge on any atom is -0.393 e. The van der Waals surface area contributed by atoms with Crippen LogP contribution in [-0.2, 0) is 5.75 Å². The summed E-state index contributed by atoms with van der Waals surface area (Å²) >= 11 is 1.91. The van der Waals surface area contributed by atoms with Crippen LogP contribution in [0.15, 0.2) is 43.0 Å². The van der Waals surface area contributed by atoms with Crippen LogP contribution < -0.4 is 0 Å². The van der Waals surface area contributed by atoms with E-state index in [1.807, 2.05) is 30.8 Å². The molecule has 0 bridgehead atoms. The molecule has 0 fully saturated rings. The Morgan fingerprint density at radius 2 is 2.06 bits per heavy atom. The van der Waals surface area contributed by atoms with Crippen LogP contribution in [0, 0.1) is 5.92 Å². The number of hydrogen-bond acceptors (Lipinski definition) is 2. The van der Waals surface area contributed by atoms with Gasteiger partial charge in [-0.25, -0.2) is 0 Å². The molecule has 1 rings (SSSR count). The number of aliphatic hydroxyl groups excluding tert-OH is 1. The molecule has 2 atom stereocenters. The number of hydrogen-bond donors (Lipinski definition) is 1. The second kappa shape index (κ2) is 7.53. The summed E-state index contributed by atoms with van der Waals surface area (Å²) in [5.41, 5.74) is 1.36. The van der Waals surface area contributed by atoms with Gasteiger partial charge in [0.2, 0.25) is 0 Å². The zero-order chi connectivity index (χ0) is 11.8. The highest BCUT2D eigenvalue weighted by Gasteiger charge is 2.09. The molecule has 0 saturated heterocycles. The summed E-state index contributed by atoms with van der Waals surface area (Å²) in [6.45, 7) is 5.58. The van der Waals surface area contributed by atoms with E-state index in [-0.39, 0.29) is 12.0 Å². The summed E-state index contributed by atoms with van der Waals surface area (Å²) in [6, 6.07) is 10.5. The van der Waals surface area contributed by atoms with Crippen molar-refractivity contribution in [3.8, 4) is 0 Å². The Hall–Kier alpha value is -0.730. The largest absolute Gasteiger partial charge is 0.393 e. The summed E-state index contributed by atoms with van der Waals surface area (Å²) in [6.07, 6.45) is 2.57. The molecule has 0 aliphatic rings. The first-order valence-corrected chi connectivity index (χ1v) is 6.82. The van der Waals surface area contributed by atoms with Crippen molar-refractivity contribution in [1.29, 1.82) is 0 Å². The average molecular weight is 236 g/mol. The van der Waals surface area contributed by atoms with Crippen molar-refractivity contribution in [2.45, 2.75) is 25.2 Å². The molecule has 0 aliphatic heterocycles. The molecule has 0 saturated carbocycles. The van der Waals surface area contributed by atoms with Gasteiger partial charge in [0.15, 0.2) is 0 Å². The van der Waals surface area contributed by atoms with Crippen LogP contribution in [0.5, 0.6) is 0 Å². The summed E-state index contributed by atoms with van der Waals surface area (Å²) < 4.78 is 0. The lowest BCUT2D eigenvalue weighted by molar-refractivity contribution is 0.147. The van der Waals surface area contributed by atoms with Gasteiger partial charge in [-0.15, -0.1) is 6.58 Å². The fourth-order valence-corrected chi connectivity index (χ4v) is 2.55. The van der Waals surface area contributed by atoms with E-state index < -0.39 is 0 Å². The van der Waals surface area contributed by atoms with Gasteiger partial charge in [0.25, 0.3) is 0 Å². The number of rotatable bonds is 7. The molecular weight excluding hydrogens is 216 g/mol. The van der Waals surface area contributed by atoms with Gasteiger partial charge in [0.05, 0.1) is 6.10 Å². The molecule has 1 aromatic carbocycles. The quantitative estimate of drug-likeness (QED) is 0.577. The average Bonchev–Trinajstić information content (AvgIpc) is 2.30. The van der Waals surface area contributed by atoms with Gasteiger partial charge in [-0.2, -0.15) is 11.8 Å². The van der Waals surface area contributed by atoms with E-state index in [0.29, 0.717) is 0 Å². The maximum absolute atomic E-state index is 9.45. The van der Waals surface area contributed by atoms with Gasteiger partial charge in [0.1, 0.15) is 0 Å². The topological polar surface area (TPSA) is 20.2 Å². The van der Waals surface area contributed by atoms with Gasteiger partial charge in [-0.05, 0) is 24.7 Å². The standard InChI is InChI=1S/C14H20OS/c1-3-14(12(2)15)9-10-16-11-13-7-5-4-6-8-13/h3-8,12,14-15H,1,9-11H2,2H3/t12-,14-/m1/s1. The maximum atomic E-state index is 9.45. The predicted molar refractivity (Wildman–Crippen MR) is 72.6 cm³/mol. The number of thioether (sulfide) groups is 1. The Balaban J connectivity index is 2.19. The second-order valence-electron chi connectivity index (χ2n) is 3.97. The van der Waals surface area contributed by atoms with Crippen LogP contribution >= 0.6 is 11.8 Å². The number of benzene rings is 1. The molecule has 0 radical (unpaired) electrons. The molecular formula is C14H20OS. The lowest BCUT2D eigenvalue weighted by Crippen LogP contribution is -2.14. The first-order valence-electron chi connectivity index (χ1n) is 5.66. The molecule has 1 aromatic rings. The lowest BCUT2D eigenvalue weighted by atomic mass is 10.0. The highest BCUT2D eigenvalue weighted by molar-refractivity contribution is 7.98. The minimum absolute atomic E-state index is 0.225. The fraction of sp³-hybridized carbons (Fsp3) is 0.429. The van der Waals surface area contributed by atoms with Crippen LogP contribution in [0.2, 0.25) is 0 Å². The zero-order valence-electron chi connectivity index (χ0n) is 9.80. The Kier molecular flexibility index (Phi) is 6.27. The summed E-state index contributed by atoms with van der Waals surface area (Å²) in [7, 11) is 0. The van der Waals surface area contributed by atoms with Crippen molar-refractivity contribution >= 4 is 11.8 Å². The van der Waals surface area contributed by atoms with E-state index >= 15 is 0 Å². The first-order chi connectivity index (χ1) is 7.74. The van der Waals surface area contributed by atoms with E-state index in [0.717, 1.165) is 17.9 Å². The first kappa shape index (κ1) is 13.3. The fourth-order valence-electron chi connectivity index (χ4n) is 1.54. The summed E-state index contributed by atoms with van der Waals surface area (Å²) in [4.78, 5) is 0. The number of aliphatic hydroxyl groups is 1. The van der Waals surface area contributed by atoms with Crippen molar-refractivity contribution in [3.63, 3.8) is 0 Å². The van der Waals surface area contributed by atoms with Gasteiger partial charge >= 0.3 is 0 Å². The molecule has 1 nitrogen and oxygen atoms in total. The van der Waals surface area contributed by atoms with E-state index in [2.05, 4.69) is 30.8 Å². The highest BCUT2D eigenvalue weighted by Crippen LogP contribution is 2.17. The predicted octanol–water partition coefficient (Wildman–Crippen LogP) is 3.49. The molecule has 0 spiro atoms. The minimum atomic E-state index is -0.283. The monoisotopic (exact) mass is 236 g/mol. The normalized spacial score (nSPS) is 14.4. The molecule has 0 aromatic heterocycles. The van der Waals surface area contributed by atoms with E-state index in [1.165, 1.54) is 5.56 Å². The van der Waals surface area contributed by atoms with Gasteiger partial charge < -0.3 is 5.11 Å². The Labute approximate surface area is 103 Å². The Morgan fingerprint density at radius 1 is 1.38 bits per heavy atom. The smallest absolute Gasteiger partial charge is 0.0574 e. The SMILES string of the molecule is C=C[C@H](CCSCc1ccccc1)[C@@H](C)O. The van der Waals surface area contributed by atoms with Crippen molar-refractivity contribution < 1.29 is 5.11 Å². The Bertz CT molecular complexity index is 295. The van der Waals surface area contributed by atoms with Crippen molar-refractivity contribution in [1.82, 2.24) is 0 Å². The lowest BCUT2D eigenvalue weighted by Gasteiger charge is -2.14. The van der Waals surface area contributed by atoms with E-state index in [9.17, 15) is 5.11 Å². The van der Waals surface area contributed by atoms with Gasteiger partial charge in [-0.3, -0.25) is 0 Å². The molecule has 0 unspecified atom stereocenters. The third-order valence-electron chi connectivity index (χ3n) is 2.63. The molecule has 0 amide bonds. The third kappa shape index (κ3) is 4.86. The van der Waals surface area contributed by atoms with Crippen molar-refractivity contribution in [2.24, 2.45) is 5.92 Å². The highest BCUT2D eigenvalue weighted by atomic mass is 32.2. The molecule has 2 heteroatoms. The molecule has 0 aliphatic carbocycles. The molecule has 1 N–H and O–H groups in total.